The van der Waals surface area contributed by atoms with Gasteiger partial charge in [-0.2, -0.15) is 5.26 Å². The molecule has 0 saturated carbocycles. The van der Waals surface area contributed by atoms with Gasteiger partial charge in [0.05, 0.1) is 36.2 Å². The van der Waals surface area contributed by atoms with E-state index in [1.165, 1.54) is 12.1 Å². The molecule has 1 aliphatic carbocycles. The standard InChI is InChI=1S/C28H28I2N4O5/c1-28(2)12-22-25(23(35)13-28)24(19(14-31)27(32)33(22)8-9-38-3)17-10-20(29)26(21(30)11-17)39-15-16-4-6-18(7-5-16)34(36)37/h4-7,10-11,24H,8-9,12-13,15,32H2,1-3H3/t24-/m1/s1. The van der Waals surface area contributed by atoms with Crippen LogP contribution in [0.2, 0.25) is 0 Å². The Morgan fingerprint density at radius 3 is 2.41 bits per heavy atom. The van der Waals surface area contributed by atoms with Gasteiger partial charge in [0.1, 0.15) is 18.2 Å². The molecule has 2 N–H and O–H groups in total. The lowest BCUT2D eigenvalue weighted by Crippen LogP contribution is -2.43. The van der Waals surface area contributed by atoms with Crippen molar-refractivity contribution in [2.24, 2.45) is 11.1 Å². The number of ketones is 1. The van der Waals surface area contributed by atoms with Crippen LogP contribution in [0.4, 0.5) is 5.69 Å². The molecule has 0 amide bonds. The lowest BCUT2D eigenvalue weighted by Gasteiger charge is -2.43. The molecule has 11 heteroatoms. The lowest BCUT2D eigenvalue weighted by atomic mass is 9.68. The minimum Gasteiger partial charge on any atom is -0.487 e. The van der Waals surface area contributed by atoms with Crippen LogP contribution >= 0.6 is 45.2 Å². The molecule has 0 fully saturated rings. The highest BCUT2D eigenvalue weighted by Gasteiger charge is 2.44. The van der Waals surface area contributed by atoms with Gasteiger partial charge < -0.3 is 20.1 Å². The summed E-state index contributed by atoms with van der Waals surface area (Å²) in [6.45, 7) is 5.24. The maximum atomic E-state index is 13.6. The quantitative estimate of drug-likeness (QED) is 0.205. The van der Waals surface area contributed by atoms with Gasteiger partial charge in [0.2, 0.25) is 0 Å². The molecule has 9 nitrogen and oxygen atoms in total. The van der Waals surface area contributed by atoms with Gasteiger partial charge in [-0.15, -0.1) is 0 Å². The highest BCUT2D eigenvalue weighted by Crippen LogP contribution is 2.49. The number of ether oxygens (including phenoxy) is 2. The Bertz CT molecular complexity index is 1400. The van der Waals surface area contributed by atoms with E-state index in [9.17, 15) is 20.2 Å². The first-order chi connectivity index (χ1) is 18.5. The number of nitrogens with two attached hydrogens (primary N) is 1. The van der Waals surface area contributed by atoms with Crippen LogP contribution in [-0.2, 0) is 16.1 Å². The van der Waals surface area contributed by atoms with Crippen LogP contribution < -0.4 is 10.5 Å². The monoisotopic (exact) mass is 754 g/mol. The molecule has 0 radical (unpaired) electrons. The third-order valence-electron chi connectivity index (χ3n) is 6.89. The number of nitro groups is 1. The van der Waals surface area contributed by atoms with E-state index in [-0.39, 0.29) is 23.5 Å². The number of nitro benzene ring substituents is 1. The summed E-state index contributed by atoms with van der Waals surface area (Å²) in [6.07, 6.45) is 1.06. The minimum absolute atomic E-state index is 0.0236. The SMILES string of the molecule is COCCN1C(N)=C(C#N)[C@@H](c2cc(I)c(OCc3ccc([N+](=O)[O-])cc3)c(I)c2)C2=C1CC(C)(C)CC2=O. The molecule has 2 aromatic carbocycles. The van der Waals surface area contributed by atoms with Crippen molar-refractivity contribution in [3.63, 3.8) is 0 Å². The number of nitriles is 1. The molecule has 0 spiro atoms. The van der Waals surface area contributed by atoms with Crippen molar-refractivity contribution < 1.29 is 19.2 Å². The van der Waals surface area contributed by atoms with Gasteiger partial charge in [0.25, 0.3) is 5.69 Å². The third-order valence-corrected chi connectivity index (χ3v) is 8.49. The topological polar surface area (TPSA) is 132 Å². The van der Waals surface area contributed by atoms with Crippen LogP contribution in [0.3, 0.4) is 0 Å². The smallest absolute Gasteiger partial charge is 0.269 e. The van der Waals surface area contributed by atoms with Crippen molar-refractivity contribution in [2.75, 3.05) is 20.3 Å². The summed E-state index contributed by atoms with van der Waals surface area (Å²) in [7, 11) is 1.61. The first-order valence-electron chi connectivity index (χ1n) is 12.2. The van der Waals surface area contributed by atoms with E-state index in [4.69, 9.17) is 15.2 Å². The summed E-state index contributed by atoms with van der Waals surface area (Å²) in [6, 6.07) is 12.4. The molecule has 204 valence electrons. The number of carbonyl (C=O) groups excluding carboxylic acids is 1. The Morgan fingerprint density at radius 2 is 1.85 bits per heavy atom. The second-order valence-electron chi connectivity index (χ2n) is 10.3. The summed E-state index contributed by atoms with van der Waals surface area (Å²) in [5, 5.41) is 21.1. The number of non-ortho nitro benzene ring substituents is 1. The zero-order chi connectivity index (χ0) is 28.5. The molecule has 2 aliphatic rings. The van der Waals surface area contributed by atoms with Crippen LogP contribution in [0, 0.1) is 34.0 Å². The maximum absolute atomic E-state index is 13.6. The van der Waals surface area contributed by atoms with Crippen molar-refractivity contribution in [2.45, 2.75) is 39.2 Å². The number of hydrogen-bond acceptors (Lipinski definition) is 8. The molecule has 1 heterocycles. The second-order valence-corrected chi connectivity index (χ2v) is 12.6. The molecule has 1 aliphatic heterocycles. The molecule has 0 unspecified atom stereocenters. The largest absolute Gasteiger partial charge is 0.487 e. The number of rotatable bonds is 8. The number of Topliss-reactive ketones (excluding diaryl/α,β-unsaturated/α-hetero) is 1. The van der Waals surface area contributed by atoms with E-state index in [1.807, 2.05) is 17.0 Å². The van der Waals surface area contributed by atoms with Crippen LogP contribution in [0.15, 0.2) is 59.1 Å². The molecule has 0 saturated heterocycles. The first-order valence-corrected chi connectivity index (χ1v) is 14.4. The number of methoxy groups -OCH3 is 1. The maximum Gasteiger partial charge on any atom is 0.269 e. The van der Waals surface area contributed by atoms with Crippen molar-refractivity contribution in [1.29, 1.82) is 5.26 Å². The van der Waals surface area contributed by atoms with Crippen molar-refractivity contribution in [1.82, 2.24) is 4.90 Å². The number of carbonyl (C=O) groups is 1. The van der Waals surface area contributed by atoms with Gasteiger partial charge in [-0.25, -0.2) is 0 Å². The van der Waals surface area contributed by atoms with E-state index in [0.29, 0.717) is 48.7 Å². The van der Waals surface area contributed by atoms with E-state index >= 15 is 0 Å². The van der Waals surface area contributed by atoms with E-state index < -0.39 is 10.8 Å². The average Bonchev–Trinajstić information content (AvgIpc) is 2.86. The zero-order valence-electron chi connectivity index (χ0n) is 21.8. The van der Waals surface area contributed by atoms with Crippen LogP contribution in [0.25, 0.3) is 0 Å². The summed E-state index contributed by atoms with van der Waals surface area (Å²) in [5.41, 5.74) is 9.84. The Kier molecular flexibility index (Phi) is 8.87. The molecule has 2 aromatic rings. The highest BCUT2D eigenvalue weighted by atomic mass is 127. The molecule has 1 atom stereocenters. The Labute approximate surface area is 254 Å². The number of nitrogens with zero attached hydrogens (tertiary/aromatic N) is 3. The van der Waals surface area contributed by atoms with Crippen LogP contribution in [0.1, 0.15) is 43.7 Å². The van der Waals surface area contributed by atoms with Crippen LogP contribution in [-0.4, -0.2) is 35.9 Å². The van der Waals surface area contributed by atoms with Gasteiger partial charge in [-0.3, -0.25) is 14.9 Å². The summed E-state index contributed by atoms with van der Waals surface area (Å²) < 4.78 is 13.0. The normalized spacial score (nSPS) is 18.6. The number of hydrogen-bond donors (Lipinski definition) is 1. The second kappa shape index (κ2) is 11.8. The van der Waals surface area contributed by atoms with Gasteiger partial charge in [0, 0.05) is 43.5 Å². The van der Waals surface area contributed by atoms with E-state index in [1.54, 1.807) is 19.2 Å². The summed E-state index contributed by atoms with van der Waals surface area (Å²) >= 11 is 4.39. The predicted molar refractivity (Wildman–Crippen MR) is 163 cm³/mol. The highest BCUT2D eigenvalue weighted by molar-refractivity contribution is 14.1. The van der Waals surface area contributed by atoms with Crippen molar-refractivity contribution in [3.8, 4) is 11.8 Å². The first kappa shape index (κ1) is 29.3. The molecule has 4 rings (SSSR count). The average molecular weight is 754 g/mol. The fourth-order valence-electron chi connectivity index (χ4n) is 5.10. The zero-order valence-corrected chi connectivity index (χ0v) is 26.1. The Morgan fingerprint density at radius 1 is 1.21 bits per heavy atom. The van der Waals surface area contributed by atoms with Gasteiger partial charge in [-0.1, -0.05) is 13.8 Å². The lowest BCUT2D eigenvalue weighted by molar-refractivity contribution is -0.384. The molecular formula is C28H28I2N4O5. The summed E-state index contributed by atoms with van der Waals surface area (Å²) in [5.74, 6) is 0.472. The molecular weight excluding hydrogens is 726 g/mol. The number of benzene rings is 2. The number of halogens is 2. The molecule has 0 aromatic heterocycles. The summed E-state index contributed by atoms with van der Waals surface area (Å²) in [4.78, 5) is 26.0. The predicted octanol–water partition coefficient (Wildman–Crippen LogP) is 5.77. The Balaban J connectivity index is 1.72. The van der Waals surface area contributed by atoms with Gasteiger partial charge in [-0.05, 0) is 92.4 Å². The fraction of sp³-hybridized carbons (Fsp3) is 0.357. The molecule has 39 heavy (non-hydrogen) atoms. The van der Waals surface area contributed by atoms with Crippen LogP contribution in [0.5, 0.6) is 5.75 Å². The van der Waals surface area contributed by atoms with Gasteiger partial charge in [0.15, 0.2) is 5.78 Å². The fourth-order valence-corrected chi connectivity index (χ4v) is 7.23. The Hall–Kier alpha value is -2.70. The third kappa shape index (κ3) is 6.07. The van der Waals surface area contributed by atoms with E-state index in [2.05, 4.69) is 65.1 Å². The van der Waals surface area contributed by atoms with Gasteiger partial charge >= 0.3 is 0 Å². The minimum atomic E-state index is -0.571. The van der Waals surface area contributed by atoms with E-state index in [0.717, 1.165) is 24.0 Å². The molecule has 0 bridgehead atoms. The number of allylic oxidation sites excluding steroid dienone is 3. The van der Waals surface area contributed by atoms with Crippen molar-refractivity contribution >= 4 is 56.7 Å². The van der Waals surface area contributed by atoms with Crippen molar-refractivity contribution in [3.05, 3.63) is 87.4 Å².